The SMILES string of the molecule is O=C1OC2C[C@@H]3CC2[C@H]1C3. The van der Waals surface area contributed by atoms with Crippen molar-refractivity contribution in [3.63, 3.8) is 0 Å². The lowest BCUT2D eigenvalue weighted by Gasteiger charge is -2.11. The molecule has 0 N–H and O–H groups in total. The fraction of sp³-hybridized carbons (Fsp3) is 0.875. The summed E-state index contributed by atoms with van der Waals surface area (Å²) in [4.78, 5) is 11.1. The molecule has 2 nitrogen and oxygen atoms in total. The third kappa shape index (κ3) is 0.414. The van der Waals surface area contributed by atoms with Crippen LogP contribution in [-0.4, -0.2) is 12.1 Å². The van der Waals surface area contributed by atoms with E-state index in [2.05, 4.69) is 0 Å². The van der Waals surface area contributed by atoms with Crippen LogP contribution in [0.25, 0.3) is 0 Å². The summed E-state index contributed by atoms with van der Waals surface area (Å²) >= 11 is 0. The lowest BCUT2D eigenvalue weighted by Crippen LogP contribution is -2.15. The second kappa shape index (κ2) is 1.39. The summed E-state index contributed by atoms with van der Waals surface area (Å²) in [6.45, 7) is 0. The molecule has 1 saturated heterocycles. The minimum absolute atomic E-state index is 0.0926. The minimum atomic E-state index is 0.0926. The van der Waals surface area contributed by atoms with Gasteiger partial charge in [-0.2, -0.15) is 0 Å². The summed E-state index contributed by atoms with van der Waals surface area (Å²) in [7, 11) is 0. The number of ether oxygens (including phenoxy) is 1. The van der Waals surface area contributed by atoms with Gasteiger partial charge in [-0.3, -0.25) is 4.79 Å². The van der Waals surface area contributed by atoms with Gasteiger partial charge < -0.3 is 4.74 Å². The van der Waals surface area contributed by atoms with Crippen molar-refractivity contribution in [2.45, 2.75) is 25.4 Å². The molecule has 1 heterocycles. The van der Waals surface area contributed by atoms with Gasteiger partial charge >= 0.3 is 5.97 Å². The highest BCUT2D eigenvalue weighted by Gasteiger charge is 2.56. The van der Waals surface area contributed by atoms with Crippen LogP contribution in [0.4, 0.5) is 0 Å². The van der Waals surface area contributed by atoms with Crippen LogP contribution < -0.4 is 0 Å². The number of rotatable bonds is 0. The standard InChI is InChI=1S/C8H10O2/c9-8-6-2-4-1-5(6)7(3-4)10-8/h4-7H,1-3H2/t4-,5?,6-,7?/m1/s1. The van der Waals surface area contributed by atoms with Crippen LogP contribution in [0.15, 0.2) is 0 Å². The minimum Gasteiger partial charge on any atom is -0.462 e. The zero-order chi connectivity index (χ0) is 6.72. The molecular weight excluding hydrogens is 128 g/mol. The van der Waals surface area contributed by atoms with Crippen molar-refractivity contribution in [2.24, 2.45) is 17.8 Å². The van der Waals surface area contributed by atoms with E-state index < -0.39 is 0 Å². The van der Waals surface area contributed by atoms with Gasteiger partial charge in [-0.25, -0.2) is 0 Å². The smallest absolute Gasteiger partial charge is 0.309 e. The van der Waals surface area contributed by atoms with Crippen LogP contribution in [0.1, 0.15) is 19.3 Å². The largest absolute Gasteiger partial charge is 0.462 e. The highest BCUT2D eigenvalue weighted by Crippen LogP contribution is 2.54. The molecule has 2 saturated carbocycles. The first kappa shape index (κ1) is 5.16. The maximum atomic E-state index is 11.1. The van der Waals surface area contributed by atoms with Gasteiger partial charge in [0.25, 0.3) is 0 Å². The summed E-state index contributed by atoms with van der Waals surface area (Å²) in [6.07, 6.45) is 3.88. The van der Waals surface area contributed by atoms with Crippen molar-refractivity contribution in [3.8, 4) is 0 Å². The Bertz CT molecular complexity index is 197. The van der Waals surface area contributed by atoms with E-state index in [1.54, 1.807) is 0 Å². The molecule has 0 aromatic heterocycles. The Morgan fingerprint density at radius 3 is 2.80 bits per heavy atom. The molecule has 2 heteroatoms. The van der Waals surface area contributed by atoms with E-state index in [1.807, 2.05) is 0 Å². The Morgan fingerprint density at radius 1 is 1.30 bits per heavy atom. The predicted octanol–water partition coefficient (Wildman–Crippen LogP) is 0.958. The molecule has 0 radical (unpaired) electrons. The molecule has 0 aromatic rings. The van der Waals surface area contributed by atoms with Crippen LogP contribution in [0.3, 0.4) is 0 Å². The monoisotopic (exact) mass is 138 g/mol. The predicted molar refractivity (Wildman–Crippen MR) is 34.2 cm³/mol. The van der Waals surface area contributed by atoms with Crippen molar-refractivity contribution in [3.05, 3.63) is 0 Å². The molecule has 0 amide bonds. The Labute approximate surface area is 59.6 Å². The van der Waals surface area contributed by atoms with Crippen molar-refractivity contribution in [2.75, 3.05) is 0 Å². The van der Waals surface area contributed by atoms with Crippen molar-refractivity contribution in [1.29, 1.82) is 0 Å². The molecule has 3 rings (SSSR count). The van der Waals surface area contributed by atoms with Gasteiger partial charge in [0, 0.05) is 5.92 Å². The topological polar surface area (TPSA) is 26.3 Å². The molecule has 0 spiro atoms. The van der Waals surface area contributed by atoms with E-state index in [-0.39, 0.29) is 5.97 Å². The first-order valence-corrected chi connectivity index (χ1v) is 4.05. The van der Waals surface area contributed by atoms with E-state index in [0.29, 0.717) is 17.9 Å². The second-order valence-electron chi connectivity index (χ2n) is 3.82. The number of hydrogen-bond donors (Lipinski definition) is 0. The van der Waals surface area contributed by atoms with E-state index in [9.17, 15) is 4.79 Å². The van der Waals surface area contributed by atoms with Crippen LogP contribution >= 0.6 is 0 Å². The van der Waals surface area contributed by atoms with Gasteiger partial charge in [-0.15, -0.1) is 0 Å². The summed E-state index contributed by atoms with van der Waals surface area (Å²) in [5.74, 6) is 1.85. The fourth-order valence-corrected chi connectivity index (χ4v) is 2.93. The number of carbonyl (C=O) groups excluding carboxylic acids is 1. The number of hydrogen-bond acceptors (Lipinski definition) is 2. The molecule has 3 fully saturated rings. The summed E-state index contributed by atoms with van der Waals surface area (Å²) in [5, 5.41) is 0. The third-order valence-corrected chi connectivity index (χ3v) is 3.32. The third-order valence-electron chi connectivity index (χ3n) is 3.32. The van der Waals surface area contributed by atoms with Crippen molar-refractivity contribution in [1.82, 2.24) is 0 Å². The van der Waals surface area contributed by atoms with Crippen LogP contribution in [0.2, 0.25) is 0 Å². The quantitative estimate of drug-likeness (QED) is 0.466. The van der Waals surface area contributed by atoms with E-state index in [1.165, 1.54) is 6.42 Å². The molecule has 4 atom stereocenters. The summed E-state index contributed by atoms with van der Waals surface area (Å²) in [6, 6.07) is 0. The van der Waals surface area contributed by atoms with Crippen molar-refractivity contribution >= 4 is 5.97 Å². The Balaban J connectivity index is 2.05. The Hall–Kier alpha value is -0.530. The number of fused-ring (bicyclic) bond motifs is 1. The van der Waals surface area contributed by atoms with Gasteiger partial charge in [0.15, 0.2) is 0 Å². The van der Waals surface area contributed by atoms with Crippen LogP contribution in [0, 0.1) is 17.8 Å². The fourth-order valence-electron chi connectivity index (χ4n) is 2.93. The molecular formula is C8H10O2. The maximum absolute atomic E-state index is 11.1. The zero-order valence-electron chi connectivity index (χ0n) is 5.75. The second-order valence-corrected chi connectivity index (χ2v) is 3.82. The molecule has 3 aliphatic rings. The van der Waals surface area contributed by atoms with Crippen LogP contribution in [-0.2, 0) is 9.53 Å². The first-order valence-electron chi connectivity index (χ1n) is 4.05. The Morgan fingerprint density at radius 2 is 2.20 bits per heavy atom. The lowest BCUT2D eigenvalue weighted by atomic mass is 9.90. The zero-order valence-corrected chi connectivity index (χ0v) is 5.75. The average Bonchev–Trinajstić information content (AvgIpc) is 2.44. The van der Waals surface area contributed by atoms with E-state index >= 15 is 0 Å². The molecule has 10 heavy (non-hydrogen) atoms. The van der Waals surface area contributed by atoms with Crippen LogP contribution in [0.5, 0.6) is 0 Å². The molecule has 2 aliphatic carbocycles. The van der Waals surface area contributed by atoms with Gasteiger partial charge in [0.1, 0.15) is 6.10 Å². The summed E-state index contributed by atoms with van der Waals surface area (Å²) < 4.78 is 5.20. The first-order chi connectivity index (χ1) is 4.84. The molecule has 1 aliphatic heterocycles. The van der Waals surface area contributed by atoms with Gasteiger partial charge in [0.05, 0.1) is 5.92 Å². The normalized spacial score (nSPS) is 55.8. The molecule has 2 bridgehead atoms. The average molecular weight is 138 g/mol. The molecule has 54 valence electrons. The van der Waals surface area contributed by atoms with Gasteiger partial charge in [-0.05, 0) is 25.2 Å². The number of carbonyl (C=O) groups is 1. The lowest BCUT2D eigenvalue weighted by molar-refractivity contribution is -0.143. The maximum Gasteiger partial charge on any atom is 0.309 e. The number of esters is 1. The van der Waals surface area contributed by atoms with Gasteiger partial charge in [-0.1, -0.05) is 0 Å². The summed E-state index contributed by atoms with van der Waals surface area (Å²) in [5.41, 5.74) is 0. The van der Waals surface area contributed by atoms with E-state index in [0.717, 1.165) is 18.8 Å². The molecule has 0 aromatic carbocycles. The highest BCUT2D eigenvalue weighted by atomic mass is 16.6. The molecule has 2 unspecified atom stereocenters. The van der Waals surface area contributed by atoms with Crippen molar-refractivity contribution < 1.29 is 9.53 Å². The van der Waals surface area contributed by atoms with Gasteiger partial charge in [0.2, 0.25) is 0 Å². The van der Waals surface area contributed by atoms with E-state index in [4.69, 9.17) is 4.74 Å². The highest BCUT2D eigenvalue weighted by molar-refractivity contribution is 5.76. The Kier molecular flexibility index (Phi) is 0.715.